The zero-order valence-electron chi connectivity index (χ0n) is 11.6. The Morgan fingerprint density at radius 1 is 1.38 bits per heavy atom. The molecular formula is C14H17N3O3S. The first-order valence-electron chi connectivity index (χ1n) is 6.44. The molecule has 112 valence electrons. The van der Waals surface area contributed by atoms with Crippen LogP contribution in [0.15, 0.2) is 36.5 Å². The Morgan fingerprint density at radius 3 is 2.81 bits per heavy atom. The van der Waals surface area contributed by atoms with Crippen molar-refractivity contribution in [2.45, 2.75) is 12.5 Å². The SMILES string of the molecule is CS(=O)(=O)CCC(N)C(=O)Nc1cnc2ccccc2c1. The van der Waals surface area contributed by atoms with E-state index in [4.69, 9.17) is 5.73 Å². The summed E-state index contributed by atoms with van der Waals surface area (Å²) in [5, 5.41) is 3.55. The van der Waals surface area contributed by atoms with Gasteiger partial charge in [-0.05, 0) is 18.6 Å². The first-order valence-corrected chi connectivity index (χ1v) is 8.50. The van der Waals surface area contributed by atoms with Crippen molar-refractivity contribution in [1.82, 2.24) is 4.98 Å². The molecule has 6 nitrogen and oxygen atoms in total. The van der Waals surface area contributed by atoms with Crippen LogP contribution >= 0.6 is 0 Å². The predicted molar refractivity (Wildman–Crippen MR) is 82.7 cm³/mol. The highest BCUT2D eigenvalue weighted by molar-refractivity contribution is 7.90. The quantitative estimate of drug-likeness (QED) is 0.855. The average molecular weight is 307 g/mol. The van der Waals surface area contributed by atoms with E-state index in [2.05, 4.69) is 10.3 Å². The minimum Gasteiger partial charge on any atom is -0.323 e. The number of sulfone groups is 1. The lowest BCUT2D eigenvalue weighted by atomic mass is 10.2. The maximum atomic E-state index is 11.9. The standard InChI is InChI=1S/C14H17N3O3S/c1-21(19,20)7-6-12(15)14(18)17-11-8-10-4-2-3-5-13(10)16-9-11/h2-5,8-9,12H,6-7,15H2,1H3,(H,17,18). The number of aromatic nitrogens is 1. The van der Waals surface area contributed by atoms with Gasteiger partial charge in [0.15, 0.2) is 0 Å². The third-order valence-electron chi connectivity index (χ3n) is 2.99. The van der Waals surface area contributed by atoms with Crippen LogP contribution in [0.3, 0.4) is 0 Å². The fourth-order valence-electron chi connectivity index (χ4n) is 1.85. The summed E-state index contributed by atoms with van der Waals surface area (Å²) in [6.07, 6.45) is 2.75. The fourth-order valence-corrected chi connectivity index (χ4v) is 2.53. The van der Waals surface area contributed by atoms with Crippen LogP contribution in [0.5, 0.6) is 0 Å². The number of hydrogen-bond acceptors (Lipinski definition) is 5. The second-order valence-electron chi connectivity index (χ2n) is 4.93. The van der Waals surface area contributed by atoms with Gasteiger partial charge in [-0.2, -0.15) is 0 Å². The lowest BCUT2D eigenvalue weighted by Gasteiger charge is -2.12. The molecule has 1 amide bonds. The first-order chi connectivity index (χ1) is 9.85. The van der Waals surface area contributed by atoms with Gasteiger partial charge in [0, 0.05) is 11.6 Å². The molecule has 7 heteroatoms. The van der Waals surface area contributed by atoms with E-state index in [1.54, 1.807) is 12.3 Å². The molecule has 0 spiro atoms. The minimum atomic E-state index is -3.13. The monoisotopic (exact) mass is 307 g/mol. The Balaban J connectivity index is 2.03. The van der Waals surface area contributed by atoms with Gasteiger partial charge in [0.05, 0.1) is 29.2 Å². The summed E-state index contributed by atoms with van der Waals surface area (Å²) in [5.74, 6) is -0.534. The molecule has 1 atom stereocenters. The number of hydrogen-bond donors (Lipinski definition) is 2. The Hall–Kier alpha value is -1.99. The van der Waals surface area contributed by atoms with Crippen molar-refractivity contribution in [2.24, 2.45) is 5.73 Å². The maximum Gasteiger partial charge on any atom is 0.241 e. The second kappa shape index (κ2) is 6.19. The van der Waals surface area contributed by atoms with Gasteiger partial charge >= 0.3 is 0 Å². The van der Waals surface area contributed by atoms with Crippen LogP contribution in [0.2, 0.25) is 0 Å². The van der Waals surface area contributed by atoms with E-state index in [9.17, 15) is 13.2 Å². The van der Waals surface area contributed by atoms with Crippen LogP contribution in [-0.2, 0) is 14.6 Å². The summed E-state index contributed by atoms with van der Waals surface area (Å²) in [6.45, 7) is 0. The summed E-state index contributed by atoms with van der Waals surface area (Å²) >= 11 is 0. The van der Waals surface area contributed by atoms with Crippen molar-refractivity contribution in [3.05, 3.63) is 36.5 Å². The van der Waals surface area contributed by atoms with Crippen molar-refractivity contribution in [1.29, 1.82) is 0 Å². The lowest BCUT2D eigenvalue weighted by Crippen LogP contribution is -2.37. The first kappa shape index (κ1) is 15.4. The van der Waals surface area contributed by atoms with Crippen LogP contribution < -0.4 is 11.1 Å². The molecule has 1 unspecified atom stereocenters. The van der Waals surface area contributed by atoms with Crippen LogP contribution in [-0.4, -0.2) is 37.4 Å². The van der Waals surface area contributed by atoms with E-state index in [1.807, 2.05) is 24.3 Å². The molecule has 0 bridgehead atoms. The van der Waals surface area contributed by atoms with E-state index in [1.165, 1.54) is 0 Å². The van der Waals surface area contributed by atoms with Gasteiger partial charge in [0.25, 0.3) is 0 Å². The topological polar surface area (TPSA) is 102 Å². The highest BCUT2D eigenvalue weighted by atomic mass is 32.2. The minimum absolute atomic E-state index is 0.0890. The van der Waals surface area contributed by atoms with E-state index >= 15 is 0 Å². The molecule has 21 heavy (non-hydrogen) atoms. The van der Waals surface area contributed by atoms with Gasteiger partial charge in [-0.15, -0.1) is 0 Å². The number of carbonyl (C=O) groups is 1. The maximum absolute atomic E-state index is 11.9. The number of carbonyl (C=O) groups excluding carboxylic acids is 1. The summed E-state index contributed by atoms with van der Waals surface area (Å²) in [4.78, 5) is 16.1. The molecule has 0 radical (unpaired) electrons. The van der Waals surface area contributed by atoms with E-state index in [0.29, 0.717) is 5.69 Å². The van der Waals surface area contributed by atoms with Crippen molar-refractivity contribution in [3.63, 3.8) is 0 Å². The van der Waals surface area contributed by atoms with Crippen LogP contribution in [0.1, 0.15) is 6.42 Å². The highest BCUT2D eigenvalue weighted by Gasteiger charge is 2.16. The Morgan fingerprint density at radius 2 is 2.10 bits per heavy atom. The number of fused-ring (bicyclic) bond motifs is 1. The van der Waals surface area contributed by atoms with E-state index < -0.39 is 21.8 Å². The van der Waals surface area contributed by atoms with E-state index in [0.717, 1.165) is 17.2 Å². The predicted octanol–water partition coefficient (Wildman–Crippen LogP) is 0.935. The van der Waals surface area contributed by atoms with Crippen LogP contribution in [0.25, 0.3) is 10.9 Å². The number of para-hydroxylation sites is 1. The number of nitrogens with zero attached hydrogens (tertiary/aromatic N) is 1. The van der Waals surface area contributed by atoms with E-state index in [-0.39, 0.29) is 12.2 Å². The Kier molecular flexibility index (Phi) is 4.54. The smallest absolute Gasteiger partial charge is 0.241 e. The molecule has 2 aromatic rings. The average Bonchev–Trinajstić information content (AvgIpc) is 2.43. The van der Waals surface area contributed by atoms with Crippen molar-refractivity contribution < 1.29 is 13.2 Å². The number of rotatable bonds is 5. The van der Waals surface area contributed by atoms with Gasteiger partial charge in [0.1, 0.15) is 9.84 Å². The second-order valence-corrected chi connectivity index (χ2v) is 7.19. The summed E-state index contributed by atoms with van der Waals surface area (Å²) < 4.78 is 22.1. The number of anilines is 1. The Bertz CT molecular complexity index is 759. The zero-order chi connectivity index (χ0) is 15.5. The molecule has 1 aromatic carbocycles. The number of benzene rings is 1. The number of pyridine rings is 1. The molecule has 3 N–H and O–H groups in total. The summed E-state index contributed by atoms with van der Waals surface area (Å²) in [5.41, 5.74) is 7.05. The fraction of sp³-hybridized carbons (Fsp3) is 0.286. The highest BCUT2D eigenvalue weighted by Crippen LogP contribution is 2.16. The van der Waals surface area contributed by atoms with Crippen LogP contribution in [0, 0.1) is 0 Å². The molecular weight excluding hydrogens is 290 g/mol. The molecule has 2 rings (SSSR count). The van der Waals surface area contributed by atoms with Gasteiger partial charge in [0.2, 0.25) is 5.91 Å². The van der Waals surface area contributed by atoms with Crippen LogP contribution in [0.4, 0.5) is 5.69 Å². The number of amides is 1. The molecule has 0 aliphatic carbocycles. The number of nitrogens with two attached hydrogens (primary N) is 1. The third kappa shape index (κ3) is 4.51. The summed E-state index contributed by atoms with van der Waals surface area (Å²) in [7, 11) is -3.13. The van der Waals surface area contributed by atoms with Gasteiger partial charge < -0.3 is 11.1 Å². The van der Waals surface area contributed by atoms with Gasteiger partial charge in [-0.3, -0.25) is 9.78 Å². The molecule has 0 fully saturated rings. The molecule has 0 saturated carbocycles. The summed E-state index contributed by atoms with van der Waals surface area (Å²) in [6, 6.07) is 8.46. The largest absolute Gasteiger partial charge is 0.323 e. The number of nitrogens with one attached hydrogen (secondary N) is 1. The normalized spacial score (nSPS) is 13.0. The van der Waals surface area contributed by atoms with Crippen molar-refractivity contribution in [2.75, 3.05) is 17.3 Å². The molecule has 1 aromatic heterocycles. The van der Waals surface area contributed by atoms with Crippen molar-refractivity contribution in [3.8, 4) is 0 Å². The molecule has 1 heterocycles. The zero-order valence-corrected chi connectivity index (χ0v) is 12.4. The van der Waals surface area contributed by atoms with Gasteiger partial charge in [-0.25, -0.2) is 8.42 Å². The van der Waals surface area contributed by atoms with Crippen molar-refractivity contribution >= 4 is 32.3 Å². The third-order valence-corrected chi connectivity index (χ3v) is 3.97. The lowest BCUT2D eigenvalue weighted by molar-refractivity contribution is -0.117. The van der Waals surface area contributed by atoms with Gasteiger partial charge in [-0.1, -0.05) is 18.2 Å². The molecule has 0 aliphatic rings. The molecule has 0 saturated heterocycles. The Labute approximate surface area is 123 Å². The molecule has 0 aliphatic heterocycles.